The summed E-state index contributed by atoms with van der Waals surface area (Å²) in [5.41, 5.74) is 1.27. The first-order valence-electron chi connectivity index (χ1n) is 7.89. The molecule has 0 radical (unpaired) electrons. The molecular formula is C19H22N4. The van der Waals surface area contributed by atoms with Crippen LogP contribution in [-0.2, 0) is 13.1 Å². The quantitative estimate of drug-likeness (QED) is 0.562. The van der Waals surface area contributed by atoms with E-state index in [1.54, 1.807) is 7.05 Å². The van der Waals surface area contributed by atoms with Crippen LogP contribution in [0.2, 0.25) is 0 Å². The molecule has 0 saturated heterocycles. The Morgan fingerprint density at radius 3 is 2.57 bits per heavy atom. The monoisotopic (exact) mass is 306 g/mol. The largest absolute Gasteiger partial charge is 0.355 e. The number of guanidine groups is 1. The maximum atomic E-state index is 4.29. The zero-order valence-corrected chi connectivity index (χ0v) is 13.4. The Morgan fingerprint density at radius 1 is 0.957 bits per heavy atom. The Labute approximate surface area is 136 Å². The van der Waals surface area contributed by atoms with Crippen LogP contribution >= 0.6 is 0 Å². The first-order valence-corrected chi connectivity index (χ1v) is 7.89. The molecule has 0 bridgehead atoms. The lowest BCUT2D eigenvalue weighted by Crippen LogP contribution is -2.38. The first-order chi connectivity index (χ1) is 11.4. The van der Waals surface area contributed by atoms with E-state index in [1.807, 2.05) is 12.1 Å². The van der Waals surface area contributed by atoms with Gasteiger partial charge in [-0.2, -0.15) is 0 Å². The van der Waals surface area contributed by atoms with Gasteiger partial charge in [0.1, 0.15) is 0 Å². The van der Waals surface area contributed by atoms with Crippen molar-refractivity contribution in [1.29, 1.82) is 0 Å². The lowest BCUT2D eigenvalue weighted by molar-refractivity contribution is 0.665. The molecule has 4 heteroatoms. The molecule has 2 aromatic carbocycles. The minimum Gasteiger partial charge on any atom is -0.355 e. The van der Waals surface area contributed by atoms with Crippen LogP contribution in [0.5, 0.6) is 0 Å². The van der Waals surface area contributed by atoms with E-state index in [0.717, 1.165) is 25.6 Å². The molecule has 0 amide bonds. The van der Waals surface area contributed by atoms with E-state index in [1.165, 1.54) is 16.3 Å². The van der Waals surface area contributed by atoms with E-state index in [2.05, 4.69) is 75.1 Å². The summed E-state index contributed by atoms with van der Waals surface area (Å²) in [5.74, 6) is 0.824. The molecular weight excluding hydrogens is 284 g/mol. The number of nitrogens with zero attached hydrogens (tertiary/aromatic N) is 2. The number of benzene rings is 2. The van der Waals surface area contributed by atoms with Crippen molar-refractivity contribution in [2.24, 2.45) is 4.99 Å². The number of nitrogens with one attached hydrogen (secondary N) is 2. The second-order valence-corrected chi connectivity index (χ2v) is 5.41. The molecule has 0 atom stereocenters. The molecule has 0 aliphatic rings. The zero-order valence-electron chi connectivity index (χ0n) is 13.4. The number of hydrogen-bond acceptors (Lipinski definition) is 1. The minimum atomic E-state index is 0.755. The van der Waals surface area contributed by atoms with Crippen molar-refractivity contribution in [3.8, 4) is 0 Å². The van der Waals surface area contributed by atoms with Gasteiger partial charge in [-0.15, -0.1) is 0 Å². The summed E-state index contributed by atoms with van der Waals surface area (Å²) >= 11 is 0. The minimum absolute atomic E-state index is 0.755. The maximum absolute atomic E-state index is 4.29. The van der Waals surface area contributed by atoms with Gasteiger partial charge in [0.05, 0.1) is 0 Å². The van der Waals surface area contributed by atoms with Crippen LogP contribution < -0.4 is 10.6 Å². The van der Waals surface area contributed by atoms with E-state index in [-0.39, 0.29) is 0 Å². The van der Waals surface area contributed by atoms with Gasteiger partial charge in [-0.1, -0.05) is 42.5 Å². The highest BCUT2D eigenvalue weighted by atomic mass is 15.2. The van der Waals surface area contributed by atoms with Crippen LogP contribution in [0.3, 0.4) is 0 Å². The number of rotatable bonds is 5. The smallest absolute Gasteiger partial charge is 0.191 e. The number of aliphatic imine (C=N–C) groups is 1. The normalized spacial score (nSPS) is 11.6. The van der Waals surface area contributed by atoms with Crippen LogP contribution in [0, 0.1) is 0 Å². The Kier molecular flexibility index (Phi) is 4.94. The Hall–Kier alpha value is -2.75. The van der Waals surface area contributed by atoms with E-state index in [0.29, 0.717) is 0 Å². The van der Waals surface area contributed by atoms with Crippen molar-refractivity contribution in [1.82, 2.24) is 15.2 Å². The van der Waals surface area contributed by atoms with Crippen molar-refractivity contribution in [2.75, 3.05) is 13.6 Å². The average molecular weight is 306 g/mol. The molecule has 118 valence electrons. The first kappa shape index (κ1) is 15.2. The molecule has 0 saturated carbocycles. The molecule has 3 rings (SSSR count). The standard InChI is InChI=1S/C19H22N4/c1-20-19(21-11-14-23-12-4-5-13-23)22-15-17-9-6-8-16-7-2-3-10-18(16)17/h2-10,12-13H,11,14-15H2,1H3,(H2,20,21,22). The lowest BCUT2D eigenvalue weighted by atomic mass is 10.0. The molecule has 1 heterocycles. The van der Waals surface area contributed by atoms with Crippen molar-refractivity contribution in [3.05, 3.63) is 72.6 Å². The van der Waals surface area contributed by atoms with Gasteiger partial charge in [0.15, 0.2) is 5.96 Å². The molecule has 2 N–H and O–H groups in total. The van der Waals surface area contributed by atoms with Crippen molar-refractivity contribution < 1.29 is 0 Å². The van der Waals surface area contributed by atoms with Gasteiger partial charge < -0.3 is 15.2 Å². The predicted molar refractivity (Wildman–Crippen MR) is 96.6 cm³/mol. The molecule has 1 aromatic heterocycles. The second-order valence-electron chi connectivity index (χ2n) is 5.41. The lowest BCUT2D eigenvalue weighted by Gasteiger charge is -2.13. The van der Waals surface area contributed by atoms with Crippen molar-refractivity contribution >= 4 is 16.7 Å². The van der Waals surface area contributed by atoms with Crippen molar-refractivity contribution in [3.63, 3.8) is 0 Å². The summed E-state index contributed by atoms with van der Waals surface area (Å²) in [7, 11) is 1.80. The molecule has 0 aliphatic carbocycles. The maximum Gasteiger partial charge on any atom is 0.191 e. The third-order valence-corrected chi connectivity index (χ3v) is 3.88. The van der Waals surface area contributed by atoms with Crippen LogP contribution in [0.4, 0.5) is 0 Å². The summed E-state index contributed by atoms with van der Waals surface area (Å²) in [6, 6.07) is 18.9. The SMILES string of the molecule is CN=C(NCCn1cccc1)NCc1cccc2ccccc12. The molecule has 23 heavy (non-hydrogen) atoms. The fourth-order valence-electron chi connectivity index (χ4n) is 2.67. The average Bonchev–Trinajstić information content (AvgIpc) is 3.11. The number of aromatic nitrogens is 1. The summed E-state index contributed by atoms with van der Waals surface area (Å²) in [6.45, 7) is 2.51. The van der Waals surface area contributed by atoms with E-state index < -0.39 is 0 Å². The molecule has 0 fully saturated rings. The highest BCUT2D eigenvalue weighted by molar-refractivity contribution is 5.86. The third-order valence-electron chi connectivity index (χ3n) is 3.88. The van der Waals surface area contributed by atoms with Crippen molar-refractivity contribution in [2.45, 2.75) is 13.1 Å². The van der Waals surface area contributed by atoms with Gasteiger partial charge in [0.2, 0.25) is 0 Å². The summed E-state index contributed by atoms with van der Waals surface area (Å²) in [6.07, 6.45) is 4.13. The topological polar surface area (TPSA) is 41.4 Å². The molecule has 4 nitrogen and oxygen atoms in total. The van der Waals surface area contributed by atoms with Gasteiger partial charge in [-0.05, 0) is 28.5 Å². The zero-order chi connectivity index (χ0) is 15.9. The van der Waals surface area contributed by atoms with Gasteiger partial charge >= 0.3 is 0 Å². The predicted octanol–water partition coefficient (Wildman–Crippen LogP) is 3.01. The Balaban J connectivity index is 1.57. The van der Waals surface area contributed by atoms with Crippen LogP contribution in [0.25, 0.3) is 10.8 Å². The summed E-state index contributed by atoms with van der Waals surface area (Å²) in [5, 5.41) is 9.28. The fourth-order valence-corrected chi connectivity index (χ4v) is 2.67. The van der Waals surface area contributed by atoms with E-state index in [4.69, 9.17) is 0 Å². The van der Waals surface area contributed by atoms with Crippen LogP contribution in [0.15, 0.2) is 72.0 Å². The van der Waals surface area contributed by atoms with Gasteiger partial charge in [0, 0.05) is 39.1 Å². The second kappa shape index (κ2) is 7.49. The van der Waals surface area contributed by atoms with E-state index in [9.17, 15) is 0 Å². The highest BCUT2D eigenvalue weighted by Crippen LogP contribution is 2.18. The number of fused-ring (bicyclic) bond motifs is 1. The summed E-state index contributed by atoms with van der Waals surface area (Å²) < 4.78 is 2.14. The Morgan fingerprint density at radius 2 is 1.74 bits per heavy atom. The fraction of sp³-hybridized carbons (Fsp3) is 0.211. The van der Waals surface area contributed by atoms with Gasteiger partial charge in [-0.25, -0.2) is 0 Å². The summed E-state index contributed by atoms with van der Waals surface area (Å²) in [4.78, 5) is 4.29. The molecule has 0 spiro atoms. The molecule has 0 unspecified atom stereocenters. The number of hydrogen-bond donors (Lipinski definition) is 2. The highest BCUT2D eigenvalue weighted by Gasteiger charge is 2.02. The third kappa shape index (κ3) is 3.92. The van der Waals surface area contributed by atoms with Gasteiger partial charge in [-0.3, -0.25) is 4.99 Å². The van der Waals surface area contributed by atoms with E-state index >= 15 is 0 Å². The van der Waals surface area contributed by atoms with Crippen LogP contribution in [-0.4, -0.2) is 24.1 Å². The van der Waals surface area contributed by atoms with Gasteiger partial charge in [0.25, 0.3) is 0 Å². The molecule has 0 aliphatic heterocycles. The molecule has 3 aromatic rings. The Bertz CT molecular complexity index is 770. The van der Waals surface area contributed by atoms with Crippen LogP contribution in [0.1, 0.15) is 5.56 Å².